The highest BCUT2D eigenvalue weighted by atomic mass is 16.5. The summed E-state index contributed by atoms with van der Waals surface area (Å²) in [5, 5.41) is 6.28. The second-order valence-corrected chi connectivity index (χ2v) is 5.54. The lowest BCUT2D eigenvalue weighted by Gasteiger charge is -2.18. The first-order valence-electron chi connectivity index (χ1n) is 7.19. The summed E-state index contributed by atoms with van der Waals surface area (Å²) in [5.74, 6) is 0.0979. The second-order valence-electron chi connectivity index (χ2n) is 5.54. The van der Waals surface area contributed by atoms with E-state index in [1.54, 1.807) is 7.11 Å². The summed E-state index contributed by atoms with van der Waals surface area (Å²) in [5.41, 5.74) is 3.77. The van der Waals surface area contributed by atoms with E-state index in [4.69, 9.17) is 4.74 Å². The smallest absolute Gasteiger partial charge is 0.220 e. The summed E-state index contributed by atoms with van der Waals surface area (Å²) in [6.45, 7) is 5.77. The summed E-state index contributed by atoms with van der Waals surface area (Å²) in [4.78, 5) is 12.0. The maximum atomic E-state index is 12.0. The van der Waals surface area contributed by atoms with Crippen molar-refractivity contribution in [3.8, 4) is 0 Å². The molecule has 110 valence electrons. The van der Waals surface area contributed by atoms with Gasteiger partial charge in [0.05, 0.1) is 12.1 Å². The first kappa shape index (κ1) is 15.0. The lowest BCUT2D eigenvalue weighted by Crippen LogP contribution is -2.43. The minimum absolute atomic E-state index is 0.0834. The predicted molar refractivity (Wildman–Crippen MR) is 79.8 cm³/mol. The van der Waals surface area contributed by atoms with E-state index in [1.165, 1.54) is 16.7 Å². The highest BCUT2D eigenvalue weighted by molar-refractivity contribution is 5.76. The van der Waals surface area contributed by atoms with Crippen LogP contribution in [0.15, 0.2) is 18.2 Å². The molecule has 1 aromatic carbocycles. The lowest BCUT2D eigenvalue weighted by atomic mass is 10.0. The van der Waals surface area contributed by atoms with Gasteiger partial charge in [0.1, 0.15) is 0 Å². The van der Waals surface area contributed by atoms with Crippen LogP contribution in [0, 0.1) is 13.8 Å². The molecule has 2 rings (SSSR count). The van der Waals surface area contributed by atoms with Gasteiger partial charge in [-0.2, -0.15) is 0 Å². The topological polar surface area (TPSA) is 50.4 Å². The minimum Gasteiger partial charge on any atom is -0.378 e. The molecule has 0 spiro atoms. The molecule has 0 aliphatic carbocycles. The summed E-state index contributed by atoms with van der Waals surface area (Å²) >= 11 is 0. The van der Waals surface area contributed by atoms with Gasteiger partial charge in [0.25, 0.3) is 0 Å². The van der Waals surface area contributed by atoms with Crippen molar-refractivity contribution < 1.29 is 9.53 Å². The summed E-state index contributed by atoms with van der Waals surface area (Å²) in [6.07, 6.45) is 1.40. The standard InChI is InChI=1S/C16H24N2O2/c1-11-4-5-13(12(2)8-11)6-7-16(19)18-14-9-17-10-15(14)20-3/h4-5,8,14-15,17H,6-7,9-10H2,1-3H3,(H,18,19). The number of nitrogens with one attached hydrogen (secondary N) is 2. The second kappa shape index (κ2) is 6.86. The summed E-state index contributed by atoms with van der Waals surface area (Å²) in [6, 6.07) is 6.47. The van der Waals surface area contributed by atoms with Crippen molar-refractivity contribution in [1.82, 2.24) is 10.6 Å². The molecule has 1 fully saturated rings. The zero-order valence-corrected chi connectivity index (χ0v) is 12.5. The van der Waals surface area contributed by atoms with E-state index in [1.807, 2.05) is 0 Å². The van der Waals surface area contributed by atoms with E-state index in [9.17, 15) is 4.79 Å². The van der Waals surface area contributed by atoms with Crippen molar-refractivity contribution in [1.29, 1.82) is 0 Å². The third kappa shape index (κ3) is 3.81. The quantitative estimate of drug-likeness (QED) is 0.853. The SMILES string of the molecule is COC1CNCC1NC(=O)CCc1ccc(C)cc1C. The average Bonchev–Trinajstić information content (AvgIpc) is 2.85. The fourth-order valence-corrected chi connectivity index (χ4v) is 2.70. The van der Waals surface area contributed by atoms with E-state index in [2.05, 4.69) is 42.7 Å². The Bertz CT molecular complexity index is 474. The Morgan fingerprint density at radius 3 is 2.90 bits per heavy atom. The number of amides is 1. The Hall–Kier alpha value is -1.39. The summed E-state index contributed by atoms with van der Waals surface area (Å²) < 4.78 is 5.34. The number of rotatable bonds is 5. The molecule has 1 aromatic rings. The van der Waals surface area contributed by atoms with Crippen LogP contribution in [0.4, 0.5) is 0 Å². The number of carbonyl (C=O) groups excluding carboxylic acids is 1. The highest BCUT2D eigenvalue weighted by Gasteiger charge is 2.27. The van der Waals surface area contributed by atoms with Gasteiger partial charge in [-0.15, -0.1) is 0 Å². The number of ether oxygens (including phenoxy) is 1. The first-order valence-corrected chi connectivity index (χ1v) is 7.19. The molecule has 4 nitrogen and oxygen atoms in total. The Labute approximate surface area is 120 Å². The monoisotopic (exact) mass is 276 g/mol. The number of aryl methyl sites for hydroxylation is 3. The van der Waals surface area contributed by atoms with E-state index < -0.39 is 0 Å². The van der Waals surface area contributed by atoms with Gasteiger partial charge in [0.2, 0.25) is 5.91 Å². The molecule has 0 saturated carbocycles. The lowest BCUT2D eigenvalue weighted by molar-refractivity contribution is -0.122. The number of hydrogen-bond acceptors (Lipinski definition) is 3. The van der Waals surface area contributed by atoms with Gasteiger partial charge >= 0.3 is 0 Å². The van der Waals surface area contributed by atoms with E-state index in [0.29, 0.717) is 6.42 Å². The van der Waals surface area contributed by atoms with Crippen molar-refractivity contribution >= 4 is 5.91 Å². The molecule has 1 aliphatic heterocycles. The largest absolute Gasteiger partial charge is 0.378 e. The molecular weight excluding hydrogens is 252 g/mol. The van der Waals surface area contributed by atoms with Crippen LogP contribution in [0.5, 0.6) is 0 Å². The van der Waals surface area contributed by atoms with Crippen LogP contribution in [0.3, 0.4) is 0 Å². The average molecular weight is 276 g/mol. The number of benzene rings is 1. The predicted octanol–water partition coefficient (Wildman–Crippen LogP) is 1.34. The Kier molecular flexibility index (Phi) is 5.15. The van der Waals surface area contributed by atoms with Crippen LogP contribution in [-0.4, -0.2) is 38.3 Å². The van der Waals surface area contributed by atoms with Gasteiger partial charge in [0.15, 0.2) is 0 Å². The molecule has 1 saturated heterocycles. The molecule has 0 radical (unpaired) electrons. The normalized spacial score (nSPS) is 21.9. The third-order valence-corrected chi connectivity index (χ3v) is 3.93. The van der Waals surface area contributed by atoms with E-state index in [-0.39, 0.29) is 18.1 Å². The molecule has 1 heterocycles. The molecule has 1 amide bonds. The fraction of sp³-hybridized carbons (Fsp3) is 0.562. The number of carbonyl (C=O) groups is 1. The van der Waals surface area contributed by atoms with Crippen LogP contribution in [0.1, 0.15) is 23.1 Å². The van der Waals surface area contributed by atoms with Gasteiger partial charge in [-0.05, 0) is 31.4 Å². The van der Waals surface area contributed by atoms with Gasteiger partial charge in [0, 0.05) is 26.6 Å². The van der Waals surface area contributed by atoms with Gasteiger partial charge < -0.3 is 15.4 Å². The van der Waals surface area contributed by atoms with Crippen LogP contribution >= 0.6 is 0 Å². The van der Waals surface area contributed by atoms with Crippen LogP contribution < -0.4 is 10.6 Å². The fourth-order valence-electron chi connectivity index (χ4n) is 2.70. The highest BCUT2D eigenvalue weighted by Crippen LogP contribution is 2.13. The Morgan fingerprint density at radius 2 is 2.20 bits per heavy atom. The molecule has 0 bridgehead atoms. The van der Waals surface area contributed by atoms with Crippen molar-refractivity contribution in [2.75, 3.05) is 20.2 Å². The number of methoxy groups -OCH3 is 1. The molecule has 2 atom stereocenters. The van der Waals surface area contributed by atoms with Crippen molar-refractivity contribution in [3.63, 3.8) is 0 Å². The molecule has 2 unspecified atom stereocenters. The maximum absolute atomic E-state index is 12.0. The van der Waals surface area contributed by atoms with Crippen molar-refractivity contribution in [3.05, 3.63) is 34.9 Å². The van der Waals surface area contributed by atoms with Gasteiger partial charge in [-0.1, -0.05) is 23.8 Å². The van der Waals surface area contributed by atoms with Crippen molar-refractivity contribution in [2.24, 2.45) is 0 Å². The molecule has 4 heteroatoms. The zero-order valence-electron chi connectivity index (χ0n) is 12.5. The van der Waals surface area contributed by atoms with E-state index in [0.717, 1.165) is 19.5 Å². The van der Waals surface area contributed by atoms with Crippen LogP contribution in [0.2, 0.25) is 0 Å². The third-order valence-electron chi connectivity index (χ3n) is 3.93. The zero-order chi connectivity index (χ0) is 14.5. The summed E-state index contributed by atoms with van der Waals surface area (Å²) in [7, 11) is 1.69. The van der Waals surface area contributed by atoms with Gasteiger partial charge in [-0.3, -0.25) is 4.79 Å². The molecule has 1 aliphatic rings. The first-order chi connectivity index (χ1) is 9.60. The molecule has 20 heavy (non-hydrogen) atoms. The molecule has 0 aromatic heterocycles. The minimum atomic E-state index is 0.0834. The van der Waals surface area contributed by atoms with Crippen LogP contribution in [-0.2, 0) is 16.0 Å². The Balaban J connectivity index is 1.83. The van der Waals surface area contributed by atoms with Crippen molar-refractivity contribution in [2.45, 2.75) is 38.8 Å². The maximum Gasteiger partial charge on any atom is 0.220 e. The molecule has 2 N–H and O–H groups in total. The Morgan fingerprint density at radius 1 is 1.40 bits per heavy atom. The van der Waals surface area contributed by atoms with Gasteiger partial charge in [-0.25, -0.2) is 0 Å². The molecular formula is C16H24N2O2. The number of hydrogen-bond donors (Lipinski definition) is 2. The van der Waals surface area contributed by atoms with Crippen LogP contribution in [0.25, 0.3) is 0 Å². The van der Waals surface area contributed by atoms with E-state index >= 15 is 0 Å².